The lowest BCUT2D eigenvalue weighted by molar-refractivity contribution is -0.138. The molecule has 4 nitrogen and oxygen atoms in total. The van der Waals surface area contributed by atoms with Gasteiger partial charge in [0, 0.05) is 54.8 Å². The minimum Gasteiger partial charge on any atom is -0.358 e. The van der Waals surface area contributed by atoms with Gasteiger partial charge in [-0.2, -0.15) is 0 Å². The second-order valence-electron chi connectivity index (χ2n) is 5.49. The average Bonchev–Trinajstić information content (AvgIpc) is 2.74. The molecule has 98 valence electrons. The fourth-order valence-electron chi connectivity index (χ4n) is 3.08. The zero-order valence-electron chi connectivity index (χ0n) is 10.8. The van der Waals surface area contributed by atoms with Crippen LogP contribution in [0.5, 0.6) is 0 Å². The SMILES string of the molecule is O=C(C1CNC1)N1CCc2[nH]c3ccccc3c2C1. The van der Waals surface area contributed by atoms with Crippen molar-refractivity contribution in [1.82, 2.24) is 15.2 Å². The van der Waals surface area contributed by atoms with E-state index < -0.39 is 0 Å². The van der Waals surface area contributed by atoms with Gasteiger partial charge in [-0.15, -0.1) is 0 Å². The number of nitrogens with one attached hydrogen (secondary N) is 2. The molecule has 1 amide bonds. The van der Waals surface area contributed by atoms with E-state index in [0.29, 0.717) is 5.91 Å². The Bertz CT molecular complexity index is 642. The molecule has 19 heavy (non-hydrogen) atoms. The number of benzene rings is 1. The number of rotatable bonds is 1. The molecule has 1 fully saturated rings. The quantitative estimate of drug-likeness (QED) is 0.806. The van der Waals surface area contributed by atoms with Crippen LogP contribution in [-0.4, -0.2) is 35.4 Å². The first-order valence-electron chi connectivity index (χ1n) is 6.91. The number of fused-ring (bicyclic) bond motifs is 3. The standard InChI is InChI=1S/C15H17N3O/c19-15(10-7-16-8-10)18-6-5-14-12(9-18)11-3-1-2-4-13(11)17-14/h1-4,10,16-17H,5-9H2. The van der Waals surface area contributed by atoms with Gasteiger partial charge in [-0.1, -0.05) is 18.2 Å². The molecule has 0 saturated carbocycles. The zero-order chi connectivity index (χ0) is 12.8. The summed E-state index contributed by atoms with van der Waals surface area (Å²) in [7, 11) is 0. The minimum atomic E-state index is 0.201. The molecule has 4 rings (SSSR count). The molecule has 0 radical (unpaired) electrons. The average molecular weight is 255 g/mol. The molecule has 2 aromatic rings. The van der Waals surface area contributed by atoms with Crippen molar-refractivity contribution in [1.29, 1.82) is 0 Å². The van der Waals surface area contributed by atoms with Gasteiger partial charge >= 0.3 is 0 Å². The third-order valence-electron chi connectivity index (χ3n) is 4.33. The van der Waals surface area contributed by atoms with Gasteiger partial charge in [0.2, 0.25) is 5.91 Å². The van der Waals surface area contributed by atoms with E-state index in [-0.39, 0.29) is 5.92 Å². The summed E-state index contributed by atoms with van der Waals surface area (Å²) in [4.78, 5) is 17.8. The van der Waals surface area contributed by atoms with Crippen molar-refractivity contribution in [3.8, 4) is 0 Å². The van der Waals surface area contributed by atoms with Gasteiger partial charge in [-0.25, -0.2) is 0 Å². The molecule has 0 unspecified atom stereocenters. The number of para-hydroxylation sites is 1. The smallest absolute Gasteiger partial charge is 0.228 e. The molecule has 0 atom stereocenters. The lowest BCUT2D eigenvalue weighted by Gasteiger charge is -2.34. The van der Waals surface area contributed by atoms with Crippen molar-refractivity contribution in [2.45, 2.75) is 13.0 Å². The Kier molecular flexibility index (Phi) is 2.38. The van der Waals surface area contributed by atoms with Crippen LogP contribution in [0.2, 0.25) is 0 Å². The molecule has 1 aromatic carbocycles. The molecule has 4 heteroatoms. The van der Waals surface area contributed by atoms with Crippen LogP contribution >= 0.6 is 0 Å². The lowest BCUT2D eigenvalue weighted by atomic mass is 9.98. The van der Waals surface area contributed by atoms with Crippen molar-refractivity contribution in [2.24, 2.45) is 5.92 Å². The molecule has 0 bridgehead atoms. The Morgan fingerprint density at radius 3 is 2.89 bits per heavy atom. The van der Waals surface area contributed by atoms with E-state index in [2.05, 4.69) is 28.5 Å². The number of aromatic nitrogens is 1. The highest BCUT2D eigenvalue weighted by Crippen LogP contribution is 2.28. The third-order valence-corrected chi connectivity index (χ3v) is 4.33. The molecule has 3 heterocycles. The Hall–Kier alpha value is -1.81. The van der Waals surface area contributed by atoms with E-state index >= 15 is 0 Å². The topological polar surface area (TPSA) is 48.1 Å². The summed E-state index contributed by atoms with van der Waals surface area (Å²) in [5.41, 5.74) is 3.80. The Morgan fingerprint density at radius 2 is 2.11 bits per heavy atom. The molecule has 1 aromatic heterocycles. The summed E-state index contributed by atoms with van der Waals surface area (Å²) < 4.78 is 0. The molecular formula is C15H17N3O. The molecule has 0 spiro atoms. The second-order valence-corrected chi connectivity index (χ2v) is 5.49. The summed E-state index contributed by atoms with van der Waals surface area (Å²) >= 11 is 0. The lowest BCUT2D eigenvalue weighted by Crippen LogP contribution is -2.52. The minimum absolute atomic E-state index is 0.201. The highest BCUT2D eigenvalue weighted by atomic mass is 16.2. The zero-order valence-corrected chi connectivity index (χ0v) is 10.8. The predicted octanol–water partition coefficient (Wildman–Crippen LogP) is 1.27. The van der Waals surface area contributed by atoms with Gasteiger partial charge in [0.05, 0.1) is 5.92 Å². The van der Waals surface area contributed by atoms with Gasteiger partial charge in [0.15, 0.2) is 0 Å². The first-order valence-corrected chi connectivity index (χ1v) is 6.91. The van der Waals surface area contributed by atoms with Gasteiger partial charge in [0.1, 0.15) is 0 Å². The van der Waals surface area contributed by atoms with E-state index in [1.165, 1.54) is 22.2 Å². The number of carbonyl (C=O) groups excluding carboxylic acids is 1. The van der Waals surface area contributed by atoms with Crippen molar-refractivity contribution < 1.29 is 4.79 Å². The van der Waals surface area contributed by atoms with Crippen molar-refractivity contribution in [2.75, 3.05) is 19.6 Å². The van der Waals surface area contributed by atoms with Gasteiger partial charge in [0.25, 0.3) is 0 Å². The van der Waals surface area contributed by atoms with Crippen LogP contribution in [0.25, 0.3) is 10.9 Å². The van der Waals surface area contributed by atoms with Crippen LogP contribution in [-0.2, 0) is 17.8 Å². The first-order chi connectivity index (χ1) is 9.33. The van der Waals surface area contributed by atoms with Crippen molar-refractivity contribution >= 4 is 16.8 Å². The van der Waals surface area contributed by atoms with E-state index in [1.54, 1.807) is 0 Å². The Balaban J connectivity index is 1.67. The van der Waals surface area contributed by atoms with E-state index in [4.69, 9.17) is 0 Å². The fourth-order valence-corrected chi connectivity index (χ4v) is 3.08. The summed E-state index contributed by atoms with van der Waals surface area (Å²) in [5, 5.41) is 4.44. The normalized spacial score (nSPS) is 19.3. The number of nitrogens with zero attached hydrogens (tertiary/aromatic N) is 1. The van der Waals surface area contributed by atoms with E-state index in [9.17, 15) is 4.79 Å². The van der Waals surface area contributed by atoms with Crippen LogP contribution in [0.15, 0.2) is 24.3 Å². The summed E-state index contributed by atoms with van der Waals surface area (Å²) in [6.45, 7) is 3.29. The molecule has 2 aliphatic rings. The van der Waals surface area contributed by atoms with Crippen LogP contribution < -0.4 is 5.32 Å². The summed E-state index contributed by atoms with van der Waals surface area (Å²) in [5.74, 6) is 0.515. The van der Waals surface area contributed by atoms with Gasteiger partial charge in [-0.05, 0) is 6.07 Å². The molecular weight excluding hydrogens is 238 g/mol. The first kappa shape index (κ1) is 11.1. The predicted molar refractivity (Wildman–Crippen MR) is 73.8 cm³/mol. The maximum Gasteiger partial charge on any atom is 0.228 e. The van der Waals surface area contributed by atoms with Crippen molar-refractivity contribution in [3.63, 3.8) is 0 Å². The Morgan fingerprint density at radius 1 is 1.26 bits per heavy atom. The third kappa shape index (κ3) is 1.67. The maximum atomic E-state index is 12.3. The largest absolute Gasteiger partial charge is 0.358 e. The fraction of sp³-hybridized carbons (Fsp3) is 0.400. The van der Waals surface area contributed by atoms with Crippen LogP contribution in [0.3, 0.4) is 0 Å². The molecule has 0 aliphatic carbocycles. The number of hydrogen-bond donors (Lipinski definition) is 2. The number of hydrogen-bond acceptors (Lipinski definition) is 2. The second kappa shape index (κ2) is 4.10. The number of amides is 1. The van der Waals surface area contributed by atoms with E-state index in [0.717, 1.165) is 32.6 Å². The van der Waals surface area contributed by atoms with E-state index in [1.807, 2.05) is 11.0 Å². The van der Waals surface area contributed by atoms with Gasteiger partial charge < -0.3 is 15.2 Å². The molecule has 2 aliphatic heterocycles. The van der Waals surface area contributed by atoms with Crippen molar-refractivity contribution in [3.05, 3.63) is 35.5 Å². The highest BCUT2D eigenvalue weighted by Gasteiger charge is 2.31. The Labute approximate surface area is 111 Å². The molecule has 2 N–H and O–H groups in total. The summed E-state index contributed by atoms with van der Waals surface area (Å²) in [6.07, 6.45) is 0.940. The van der Waals surface area contributed by atoms with Crippen LogP contribution in [0, 0.1) is 5.92 Å². The molecule has 1 saturated heterocycles. The maximum absolute atomic E-state index is 12.3. The van der Waals surface area contributed by atoms with Crippen LogP contribution in [0.4, 0.5) is 0 Å². The highest BCUT2D eigenvalue weighted by molar-refractivity contribution is 5.86. The number of carbonyl (C=O) groups is 1. The monoisotopic (exact) mass is 255 g/mol. The van der Waals surface area contributed by atoms with Gasteiger partial charge in [-0.3, -0.25) is 4.79 Å². The van der Waals surface area contributed by atoms with Crippen LogP contribution in [0.1, 0.15) is 11.3 Å². The number of H-pyrrole nitrogens is 1. The number of aromatic amines is 1. The summed E-state index contributed by atoms with van der Waals surface area (Å²) in [6, 6.07) is 8.36.